The summed E-state index contributed by atoms with van der Waals surface area (Å²) in [6.45, 7) is -0.157. The van der Waals surface area contributed by atoms with Crippen LogP contribution in [0.2, 0.25) is 0 Å². The largest absolute Gasteiger partial charge is 0.483 e. The van der Waals surface area contributed by atoms with Gasteiger partial charge >= 0.3 is 5.97 Å². The van der Waals surface area contributed by atoms with Crippen LogP contribution < -0.4 is 10.5 Å². The van der Waals surface area contributed by atoms with Gasteiger partial charge in [0.2, 0.25) is 0 Å². The summed E-state index contributed by atoms with van der Waals surface area (Å²) < 4.78 is 10.4. The number of carbonyl (C=O) groups is 2. The molecule has 2 rings (SSSR count). The average Bonchev–Trinajstić information content (AvgIpc) is 2.58. The zero-order valence-electron chi connectivity index (χ0n) is 12.5. The fourth-order valence-electron chi connectivity index (χ4n) is 1.86. The summed E-state index contributed by atoms with van der Waals surface area (Å²) in [7, 11) is 0. The van der Waals surface area contributed by atoms with Gasteiger partial charge in [-0.25, -0.2) is 4.79 Å². The molecule has 0 spiro atoms. The lowest BCUT2D eigenvalue weighted by atomic mass is 10.2. The number of esters is 1. The normalized spacial score (nSPS) is 10.4. The summed E-state index contributed by atoms with van der Waals surface area (Å²) >= 11 is 0. The van der Waals surface area contributed by atoms with E-state index in [-0.39, 0.29) is 24.5 Å². The number of rotatable bonds is 7. The van der Waals surface area contributed by atoms with Gasteiger partial charge in [0.25, 0.3) is 5.91 Å². The Labute approximate surface area is 134 Å². The monoisotopic (exact) mass is 311 g/mol. The topological polar surface area (TPSA) is 78.6 Å². The lowest BCUT2D eigenvalue weighted by molar-refractivity contribution is -0.119. The Hall–Kier alpha value is -3.08. The molecule has 0 aliphatic rings. The van der Waals surface area contributed by atoms with Gasteiger partial charge in [0.1, 0.15) is 17.9 Å². The van der Waals surface area contributed by atoms with E-state index >= 15 is 0 Å². The van der Waals surface area contributed by atoms with Crippen LogP contribution in [0.4, 0.5) is 0 Å². The number of benzene rings is 2. The molecule has 0 aromatic heterocycles. The van der Waals surface area contributed by atoms with E-state index in [2.05, 4.69) is 0 Å². The molecular weight excluding hydrogens is 294 g/mol. The van der Waals surface area contributed by atoms with Crippen molar-refractivity contribution in [3.05, 3.63) is 71.8 Å². The van der Waals surface area contributed by atoms with Crippen molar-refractivity contribution >= 4 is 18.0 Å². The number of amides is 1. The maximum atomic E-state index is 12.1. The Bertz CT molecular complexity index is 695. The molecule has 2 aromatic carbocycles. The molecule has 0 unspecified atom stereocenters. The van der Waals surface area contributed by atoms with Crippen LogP contribution in [-0.2, 0) is 9.53 Å². The van der Waals surface area contributed by atoms with Gasteiger partial charge < -0.3 is 15.2 Å². The molecule has 23 heavy (non-hydrogen) atoms. The molecule has 0 saturated heterocycles. The molecule has 0 aliphatic heterocycles. The highest BCUT2D eigenvalue weighted by atomic mass is 16.5. The molecule has 2 aromatic rings. The highest BCUT2D eigenvalue weighted by molar-refractivity contribution is 5.92. The summed E-state index contributed by atoms with van der Waals surface area (Å²) in [6.07, 6.45) is 3.61. The third kappa shape index (κ3) is 5.32. The summed E-state index contributed by atoms with van der Waals surface area (Å²) in [5, 5.41) is 0. The van der Waals surface area contributed by atoms with Crippen LogP contribution in [0.15, 0.2) is 60.7 Å². The summed E-state index contributed by atoms with van der Waals surface area (Å²) in [5.41, 5.74) is 6.30. The van der Waals surface area contributed by atoms with E-state index in [0.717, 1.165) is 5.56 Å². The van der Waals surface area contributed by atoms with Crippen molar-refractivity contribution < 1.29 is 19.1 Å². The van der Waals surface area contributed by atoms with Crippen molar-refractivity contribution in [3.63, 3.8) is 0 Å². The lowest BCUT2D eigenvalue weighted by Crippen LogP contribution is -2.21. The van der Waals surface area contributed by atoms with Crippen molar-refractivity contribution in [1.29, 1.82) is 0 Å². The number of hydrogen-bond acceptors (Lipinski definition) is 4. The van der Waals surface area contributed by atoms with E-state index in [9.17, 15) is 9.59 Å². The number of hydrogen-bond donors (Lipinski definition) is 1. The van der Waals surface area contributed by atoms with Crippen LogP contribution in [0.1, 0.15) is 15.9 Å². The molecule has 118 valence electrons. The maximum Gasteiger partial charge on any atom is 0.342 e. The Kier molecular flexibility index (Phi) is 5.94. The third-order valence-electron chi connectivity index (χ3n) is 2.90. The highest BCUT2D eigenvalue weighted by Gasteiger charge is 2.13. The summed E-state index contributed by atoms with van der Waals surface area (Å²) in [4.78, 5) is 22.8. The highest BCUT2D eigenvalue weighted by Crippen LogP contribution is 2.18. The molecule has 5 nitrogen and oxygen atoms in total. The number of ether oxygens (including phenoxy) is 2. The average molecular weight is 311 g/mol. The molecule has 0 atom stereocenters. The van der Waals surface area contributed by atoms with Crippen molar-refractivity contribution in [3.8, 4) is 5.75 Å². The zero-order chi connectivity index (χ0) is 16.5. The standard InChI is InChI=1S/C18H17NO4/c19-17(20)13-23-16-11-5-4-10-15(16)18(21)22-12-6-9-14-7-2-1-3-8-14/h1-11H,12-13H2,(H2,19,20)/b9-6+. The minimum absolute atomic E-state index is 0.137. The van der Waals surface area contributed by atoms with Crippen molar-refractivity contribution in [2.45, 2.75) is 0 Å². The number of primary amides is 1. The van der Waals surface area contributed by atoms with Crippen LogP contribution in [0.3, 0.4) is 0 Å². The summed E-state index contributed by atoms with van der Waals surface area (Å²) in [6, 6.07) is 16.2. The quantitative estimate of drug-likeness (QED) is 0.797. The zero-order valence-corrected chi connectivity index (χ0v) is 12.5. The molecule has 0 saturated carbocycles. The first-order valence-corrected chi connectivity index (χ1v) is 7.05. The Morgan fingerprint density at radius 2 is 1.70 bits per heavy atom. The van der Waals surface area contributed by atoms with Crippen LogP contribution in [0.25, 0.3) is 6.08 Å². The molecule has 0 fully saturated rings. The van der Waals surface area contributed by atoms with Crippen LogP contribution >= 0.6 is 0 Å². The van der Waals surface area contributed by atoms with Gasteiger partial charge in [0.05, 0.1) is 0 Å². The SMILES string of the molecule is NC(=O)COc1ccccc1C(=O)OC/C=C/c1ccccc1. The molecule has 0 heterocycles. The van der Waals surface area contributed by atoms with Crippen molar-refractivity contribution in [2.24, 2.45) is 5.73 Å². The van der Waals surface area contributed by atoms with Crippen LogP contribution in [-0.4, -0.2) is 25.1 Å². The van der Waals surface area contributed by atoms with Gasteiger partial charge in [-0.3, -0.25) is 4.79 Å². The molecule has 0 aliphatic carbocycles. The van der Waals surface area contributed by atoms with E-state index in [4.69, 9.17) is 15.2 Å². The molecule has 0 bridgehead atoms. The number of para-hydroxylation sites is 1. The van der Waals surface area contributed by atoms with Crippen molar-refractivity contribution in [2.75, 3.05) is 13.2 Å². The second-order valence-electron chi connectivity index (χ2n) is 4.66. The maximum absolute atomic E-state index is 12.1. The van der Waals surface area contributed by atoms with Gasteiger partial charge in [0, 0.05) is 0 Å². The van der Waals surface area contributed by atoms with E-state index in [1.807, 2.05) is 36.4 Å². The fourth-order valence-corrected chi connectivity index (χ4v) is 1.86. The van der Waals surface area contributed by atoms with Gasteiger partial charge in [0.15, 0.2) is 6.61 Å². The van der Waals surface area contributed by atoms with Gasteiger partial charge in [-0.05, 0) is 23.8 Å². The Morgan fingerprint density at radius 3 is 2.43 bits per heavy atom. The first-order valence-electron chi connectivity index (χ1n) is 7.05. The molecular formula is C18H17NO4. The predicted octanol–water partition coefficient (Wildman–Crippen LogP) is 2.42. The number of carbonyl (C=O) groups excluding carboxylic acids is 2. The molecule has 2 N–H and O–H groups in total. The third-order valence-corrected chi connectivity index (χ3v) is 2.90. The minimum Gasteiger partial charge on any atom is -0.483 e. The first kappa shape index (κ1) is 16.3. The molecule has 1 amide bonds. The van der Waals surface area contributed by atoms with Gasteiger partial charge in [-0.15, -0.1) is 0 Å². The summed E-state index contributed by atoms with van der Waals surface area (Å²) in [5.74, 6) is -0.870. The van der Waals surface area contributed by atoms with Crippen LogP contribution in [0, 0.1) is 0 Å². The van der Waals surface area contributed by atoms with Gasteiger partial charge in [-0.2, -0.15) is 0 Å². The minimum atomic E-state index is -0.612. The molecule has 0 radical (unpaired) electrons. The van der Waals surface area contributed by atoms with E-state index in [1.165, 1.54) is 0 Å². The second-order valence-corrected chi connectivity index (χ2v) is 4.66. The smallest absolute Gasteiger partial charge is 0.342 e. The lowest BCUT2D eigenvalue weighted by Gasteiger charge is -2.09. The van der Waals surface area contributed by atoms with Crippen LogP contribution in [0.5, 0.6) is 5.75 Å². The van der Waals surface area contributed by atoms with E-state index in [0.29, 0.717) is 0 Å². The Balaban J connectivity index is 1.93. The molecule has 5 heteroatoms. The van der Waals surface area contributed by atoms with E-state index in [1.54, 1.807) is 30.3 Å². The Morgan fingerprint density at radius 1 is 1.00 bits per heavy atom. The van der Waals surface area contributed by atoms with Crippen molar-refractivity contribution in [1.82, 2.24) is 0 Å². The van der Waals surface area contributed by atoms with Gasteiger partial charge in [-0.1, -0.05) is 48.5 Å². The predicted molar refractivity (Wildman–Crippen MR) is 86.9 cm³/mol. The fraction of sp³-hybridized carbons (Fsp3) is 0.111. The van der Waals surface area contributed by atoms with E-state index < -0.39 is 11.9 Å². The number of nitrogens with two attached hydrogens (primary N) is 1. The second kappa shape index (κ2) is 8.38. The first-order chi connectivity index (χ1) is 11.2.